The fourth-order valence-electron chi connectivity index (χ4n) is 1.55. The maximum atomic E-state index is 13.1. The highest BCUT2D eigenvalue weighted by Gasteiger charge is 2.41. The number of imidazole rings is 1. The van der Waals surface area contributed by atoms with Crippen LogP contribution in [0.15, 0.2) is 12.1 Å². The van der Waals surface area contributed by atoms with Crippen molar-refractivity contribution in [1.82, 2.24) is 14.5 Å². The Morgan fingerprint density at radius 3 is 2.74 bits per heavy atom. The Morgan fingerprint density at radius 2 is 2.16 bits per heavy atom. The van der Waals surface area contributed by atoms with Crippen molar-refractivity contribution < 1.29 is 22.3 Å². The number of nitrogens with one attached hydrogen (secondary N) is 1. The second-order valence-electron chi connectivity index (χ2n) is 3.80. The fraction of sp³-hybridized carbons (Fsp3) is 0.400. The number of halogens is 4. The predicted octanol–water partition coefficient (Wildman–Crippen LogP) is 3.00. The highest BCUT2D eigenvalue weighted by molar-refractivity contribution is 7.71. The quantitative estimate of drug-likeness (QED) is 0.696. The summed E-state index contributed by atoms with van der Waals surface area (Å²) in [5.41, 5.74) is 0.417. The van der Waals surface area contributed by atoms with Crippen molar-refractivity contribution in [3.63, 3.8) is 0 Å². The first kappa shape index (κ1) is 13.8. The zero-order valence-corrected chi connectivity index (χ0v) is 10.5. The molecule has 0 unspecified atom stereocenters. The normalized spacial score (nSPS) is 12.3. The fourth-order valence-corrected chi connectivity index (χ4v) is 1.81. The van der Waals surface area contributed by atoms with Crippen LogP contribution < -0.4 is 4.74 Å². The predicted molar refractivity (Wildman–Crippen MR) is 62.4 cm³/mol. The van der Waals surface area contributed by atoms with Crippen molar-refractivity contribution >= 4 is 23.4 Å². The molecule has 104 valence electrons. The molecule has 2 aromatic rings. The van der Waals surface area contributed by atoms with Crippen molar-refractivity contribution in [2.24, 2.45) is 0 Å². The summed E-state index contributed by atoms with van der Waals surface area (Å²) in [5.74, 6) is -4.01. The minimum atomic E-state index is -4.18. The lowest BCUT2D eigenvalue weighted by Gasteiger charge is -2.15. The standard InChI is InChI=1S/C10H9F4N3OS/c1-18-6-3-2-5-7(16-6)17(9(19)15-5)4-10(13,14)8(11)12/h2-3,8H,4H2,1H3,(H,15,19). The van der Waals surface area contributed by atoms with Gasteiger partial charge in [0.05, 0.1) is 19.2 Å². The van der Waals surface area contributed by atoms with Crippen LogP contribution in [0.25, 0.3) is 11.2 Å². The van der Waals surface area contributed by atoms with Crippen LogP contribution in [0.4, 0.5) is 17.6 Å². The number of aromatic amines is 1. The summed E-state index contributed by atoms with van der Waals surface area (Å²) >= 11 is 4.84. The summed E-state index contributed by atoms with van der Waals surface area (Å²) in [5, 5.41) is 0. The van der Waals surface area contributed by atoms with E-state index < -0.39 is 18.9 Å². The van der Waals surface area contributed by atoms with Gasteiger partial charge in [-0.3, -0.25) is 4.57 Å². The van der Waals surface area contributed by atoms with Crippen LogP contribution in [0.5, 0.6) is 5.88 Å². The number of methoxy groups -OCH3 is 1. The molecule has 9 heteroatoms. The zero-order chi connectivity index (χ0) is 14.2. The van der Waals surface area contributed by atoms with Crippen molar-refractivity contribution in [3.05, 3.63) is 16.9 Å². The molecule has 0 saturated heterocycles. The van der Waals surface area contributed by atoms with E-state index in [1.165, 1.54) is 19.2 Å². The van der Waals surface area contributed by atoms with Gasteiger partial charge in [-0.1, -0.05) is 0 Å². The Labute approximate surface area is 110 Å². The molecule has 0 spiro atoms. The SMILES string of the molecule is COc1ccc2[nH]c(=S)n(CC(F)(F)C(F)F)c2n1. The van der Waals surface area contributed by atoms with Gasteiger partial charge in [0.1, 0.15) is 0 Å². The van der Waals surface area contributed by atoms with E-state index in [-0.39, 0.29) is 16.3 Å². The minimum Gasteiger partial charge on any atom is -0.481 e. The van der Waals surface area contributed by atoms with Crippen molar-refractivity contribution in [2.45, 2.75) is 18.9 Å². The molecule has 2 heterocycles. The Hall–Kier alpha value is -1.64. The number of aromatic nitrogens is 3. The lowest BCUT2D eigenvalue weighted by atomic mass is 10.3. The average Bonchev–Trinajstić information content (AvgIpc) is 2.64. The molecule has 0 radical (unpaired) electrons. The van der Waals surface area contributed by atoms with E-state index in [9.17, 15) is 17.6 Å². The molecule has 0 amide bonds. The molecule has 0 saturated carbocycles. The number of H-pyrrole nitrogens is 1. The first-order valence-corrected chi connectivity index (χ1v) is 5.55. The number of hydrogen-bond acceptors (Lipinski definition) is 3. The largest absolute Gasteiger partial charge is 0.481 e. The van der Waals surface area contributed by atoms with Gasteiger partial charge in [-0.2, -0.15) is 13.8 Å². The molecule has 19 heavy (non-hydrogen) atoms. The van der Waals surface area contributed by atoms with E-state index in [4.69, 9.17) is 17.0 Å². The van der Waals surface area contributed by atoms with Crippen LogP contribution in [0.1, 0.15) is 0 Å². The number of pyridine rings is 1. The van der Waals surface area contributed by atoms with Gasteiger partial charge in [0, 0.05) is 6.07 Å². The van der Waals surface area contributed by atoms with Crippen LogP contribution in [0.3, 0.4) is 0 Å². The lowest BCUT2D eigenvalue weighted by Crippen LogP contribution is -2.32. The molecule has 2 aromatic heterocycles. The van der Waals surface area contributed by atoms with Crippen LogP contribution >= 0.6 is 12.2 Å². The van der Waals surface area contributed by atoms with Gasteiger partial charge in [0.25, 0.3) is 0 Å². The molecular weight excluding hydrogens is 286 g/mol. The van der Waals surface area contributed by atoms with E-state index in [1.807, 2.05) is 0 Å². The van der Waals surface area contributed by atoms with Gasteiger partial charge in [-0.05, 0) is 18.3 Å². The molecule has 0 bridgehead atoms. The summed E-state index contributed by atoms with van der Waals surface area (Å²) in [6.45, 7) is -1.25. The minimum absolute atomic E-state index is 0.0460. The molecule has 0 aliphatic rings. The molecule has 0 aliphatic heterocycles. The molecule has 4 nitrogen and oxygen atoms in total. The Balaban J connectivity index is 2.53. The highest BCUT2D eigenvalue weighted by atomic mass is 32.1. The first-order valence-electron chi connectivity index (χ1n) is 5.14. The van der Waals surface area contributed by atoms with Gasteiger partial charge in [-0.15, -0.1) is 0 Å². The van der Waals surface area contributed by atoms with Gasteiger partial charge in [0.15, 0.2) is 10.4 Å². The molecular formula is C10H9F4N3OS. The van der Waals surface area contributed by atoms with Crippen LogP contribution in [-0.4, -0.2) is 34.0 Å². The second kappa shape index (κ2) is 4.80. The van der Waals surface area contributed by atoms with Gasteiger partial charge in [0.2, 0.25) is 5.88 Å². The zero-order valence-electron chi connectivity index (χ0n) is 9.66. The number of nitrogens with zero attached hydrogens (tertiary/aromatic N) is 2. The Kier molecular flexibility index (Phi) is 3.48. The van der Waals surface area contributed by atoms with Crippen LogP contribution in [-0.2, 0) is 6.54 Å². The van der Waals surface area contributed by atoms with E-state index >= 15 is 0 Å². The summed E-state index contributed by atoms with van der Waals surface area (Å²) in [4.78, 5) is 6.54. The van der Waals surface area contributed by atoms with Crippen LogP contribution in [0.2, 0.25) is 0 Å². The first-order chi connectivity index (χ1) is 8.85. The summed E-state index contributed by atoms with van der Waals surface area (Å²) in [7, 11) is 1.35. The van der Waals surface area contributed by atoms with E-state index in [0.717, 1.165) is 4.57 Å². The molecule has 0 atom stereocenters. The molecule has 0 fully saturated rings. The smallest absolute Gasteiger partial charge is 0.325 e. The number of hydrogen-bond donors (Lipinski definition) is 1. The number of alkyl halides is 4. The number of rotatable bonds is 4. The topological polar surface area (TPSA) is 42.8 Å². The van der Waals surface area contributed by atoms with Crippen molar-refractivity contribution in [2.75, 3.05) is 7.11 Å². The van der Waals surface area contributed by atoms with Gasteiger partial charge in [-0.25, -0.2) is 8.78 Å². The average molecular weight is 295 g/mol. The highest BCUT2D eigenvalue weighted by Crippen LogP contribution is 2.27. The lowest BCUT2D eigenvalue weighted by molar-refractivity contribution is -0.137. The van der Waals surface area contributed by atoms with Crippen molar-refractivity contribution in [1.29, 1.82) is 0 Å². The molecule has 0 aromatic carbocycles. The monoisotopic (exact) mass is 295 g/mol. The maximum absolute atomic E-state index is 13.1. The van der Waals surface area contributed by atoms with E-state index in [2.05, 4.69) is 9.97 Å². The third-order valence-corrected chi connectivity index (χ3v) is 2.81. The van der Waals surface area contributed by atoms with E-state index in [1.54, 1.807) is 0 Å². The Morgan fingerprint density at radius 1 is 1.47 bits per heavy atom. The third kappa shape index (κ3) is 2.55. The summed E-state index contributed by atoms with van der Waals surface area (Å²) in [6.07, 6.45) is -3.77. The van der Waals surface area contributed by atoms with Gasteiger partial charge < -0.3 is 9.72 Å². The molecule has 1 N–H and O–H groups in total. The van der Waals surface area contributed by atoms with Gasteiger partial charge >= 0.3 is 12.3 Å². The molecule has 2 rings (SSSR count). The van der Waals surface area contributed by atoms with Crippen LogP contribution in [0, 0.1) is 4.77 Å². The van der Waals surface area contributed by atoms with Crippen molar-refractivity contribution in [3.8, 4) is 5.88 Å². The maximum Gasteiger partial charge on any atom is 0.325 e. The molecule has 0 aliphatic carbocycles. The van der Waals surface area contributed by atoms with E-state index in [0.29, 0.717) is 5.52 Å². The Bertz CT molecular complexity index is 652. The second-order valence-corrected chi connectivity index (χ2v) is 4.19. The summed E-state index contributed by atoms with van der Waals surface area (Å²) < 4.78 is 56.3. The number of ether oxygens (including phenoxy) is 1. The summed E-state index contributed by atoms with van der Waals surface area (Å²) in [6, 6.07) is 3.02. The third-order valence-electron chi connectivity index (χ3n) is 2.49. The number of fused-ring (bicyclic) bond motifs is 1.